The van der Waals surface area contributed by atoms with Crippen molar-refractivity contribution in [3.05, 3.63) is 156 Å². The van der Waals surface area contributed by atoms with E-state index in [0.29, 0.717) is 45.7 Å². The molecular weight excluding hydrogens is 552 g/mol. The van der Waals surface area contributed by atoms with Crippen LogP contribution in [0, 0.1) is 10.4 Å². The van der Waals surface area contributed by atoms with E-state index in [4.69, 9.17) is 8.83 Å². The van der Waals surface area contributed by atoms with Crippen LogP contribution in [0.1, 0.15) is 0 Å². The molecule has 0 unspecified atom stereocenters. The van der Waals surface area contributed by atoms with Crippen molar-refractivity contribution in [2.24, 2.45) is 0 Å². The second-order valence-corrected chi connectivity index (χ2v) is 9.93. The molecule has 4 aromatic carbocycles. The molecule has 8 heteroatoms. The van der Waals surface area contributed by atoms with E-state index < -0.39 is 0 Å². The van der Waals surface area contributed by atoms with E-state index in [1.807, 2.05) is 109 Å². The Kier molecular flexibility index (Phi) is 6.98. The maximum atomic E-state index is 12.5. The van der Waals surface area contributed by atoms with Crippen LogP contribution in [0.2, 0.25) is 0 Å². The Labute approximate surface area is 251 Å². The van der Waals surface area contributed by atoms with Crippen LogP contribution in [0.5, 0.6) is 0 Å². The van der Waals surface area contributed by atoms with E-state index in [9.17, 15) is 10.4 Å². The largest absolute Gasteiger partial charge is 0.618 e. The molecule has 0 aliphatic rings. The molecule has 0 fully saturated rings. The van der Waals surface area contributed by atoms with Gasteiger partial charge in [-0.2, -0.15) is 9.46 Å². The van der Waals surface area contributed by atoms with Gasteiger partial charge in [0, 0.05) is 46.2 Å². The third-order valence-corrected chi connectivity index (χ3v) is 7.16. The van der Waals surface area contributed by atoms with Crippen LogP contribution in [0.3, 0.4) is 0 Å². The van der Waals surface area contributed by atoms with Crippen LogP contribution in [0.25, 0.3) is 67.6 Å². The minimum absolute atomic E-state index is 0.319. The van der Waals surface area contributed by atoms with Gasteiger partial charge in [0.25, 0.3) is 23.2 Å². The van der Waals surface area contributed by atoms with Gasteiger partial charge < -0.3 is 19.2 Å². The fourth-order valence-corrected chi connectivity index (χ4v) is 4.93. The van der Waals surface area contributed by atoms with Crippen molar-refractivity contribution in [3.63, 3.8) is 0 Å². The van der Waals surface area contributed by atoms with Gasteiger partial charge in [-0.1, -0.05) is 84.9 Å². The molecule has 44 heavy (non-hydrogen) atoms. The molecule has 212 valence electrons. The number of fused-ring (bicyclic) bond motifs is 2. The molecule has 8 aromatic rings. The van der Waals surface area contributed by atoms with E-state index in [1.54, 1.807) is 36.7 Å². The second kappa shape index (κ2) is 11.5. The lowest BCUT2D eigenvalue weighted by atomic mass is 10.2. The molecule has 0 saturated heterocycles. The zero-order chi connectivity index (χ0) is 29.9. The van der Waals surface area contributed by atoms with Crippen molar-refractivity contribution < 1.29 is 18.3 Å². The van der Waals surface area contributed by atoms with E-state index in [-0.39, 0.29) is 0 Å². The molecule has 0 aliphatic carbocycles. The summed E-state index contributed by atoms with van der Waals surface area (Å²) in [5.41, 5.74) is 3.86. The van der Waals surface area contributed by atoms with Crippen molar-refractivity contribution in [1.82, 2.24) is 9.97 Å². The van der Waals surface area contributed by atoms with E-state index in [0.717, 1.165) is 31.4 Å². The molecule has 8 rings (SSSR count). The molecule has 0 amide bonds. The summed E-state index contributed by atoms with van der Waals surface area (Å²) >= 11 is 0. The first kappa shape index (κ1) is 26.6. The van der Waals surface area contributed by atoms with Crippen molar-refractivity contribution in [3.8, 4) is 45.8 Å². The van der Waals surface area contributed by atoms with Crippen LogP contribution < -0.4 is 9.46 Å². The quantitative estimate of drug-likeness (QED) is 0.158. The summed E-state index contributed by atoms with van der Waals surface area (Å²) in [6.07, 6.45) is 3.28. The molecule has 0 atom stereocenters. The van der Waals surface area contributed by atoms with Crippen molar-refractivity contribution in [2.45, 2.75) is 0 Å². The summed E-state index contributed by atoms with van der Waals surface area (Å²) < 4.78 is 13.2. The van der Waals surface area contributed by atoms with Gasteiger partial charge in [-0.15, -0.1) is 0 Å². The Balaban J connectivity index is 0.000000142. The first-order valence-electron chi connectivity index (χ1n) is 13.9. The number of hydrogen-bond donors (Lipinski definition) is 0. The molecule has 8 nitrogen and oxygen atoms in total. The normalized spacial score (nSPS) is 10.9. The number of nitrogens with zero attached hydrogens (tertiary/aromatic N) is 4. The predicted octanol–water partition coefficient (Wildman–Crippen LogP) is 7.59. The van der Waals surface area contributed by atoms with Gasteiger partial charge in [-0.25, -0.2) is 9.97 Å². The number of oxazole rings is 2. The lowest BCUT2D eigenvalue weighted by Gasteiger charge is -2.04. The first-order valence-corrected chi connectivity index (χ1v) is 13.9. The van der Waals surface area contributed by atoms with E-state index in [1.165, 1.54) is 0 Å². The highest BCUT2D eigenvalue weighted by Gasteiger charge is 2.19. The molecular formula is C36H24N4O4. The summed E-state index contributed by atoms with van der Waals surface area (Å²) in [7, 11) is 0. The minimum atomic E-state index is 0.319. The summed E-state index contributed by atoms with van der Waals surface area (Å²) in [6.45, 7) is 0. The molecule has 0 radical (unpaired) electrons. The topological polar surface area (TPSA) is 106 Å². The summed E-state index contributed by atoms with van der Waals surface area (Å²) in [6, 6.07) is 41.5. The van der Waals surface area contributed by atoms with Gasteiger partial charge in [-0.3, -0.25) is 0 Å². The van der Waals surface area contributed by atoms with Crippen molar-refractivity contribution in [2.75, 3.05) is 0 Å². The fourth-order valence-electron chi connectivity index (χ4n) is 4.93. The Morgan fingerprint density at radius 3 is 1.25 bits per heavy atom. The number of hydrogen-bond acceptors (Lipinski definition) is 6. The zero-order valence-electron chi connectivity index (χ0n) is 23.3. The van der Waals surface area contributed by atoms with Gasteiger partial charge in [0.1, 0.15) is 0 Å². The van der Waals surface area contributed by atoms with Crippen LogP contribution in [-0.4, -0.2) is 9.97 Å². The Hall–Kier alpha value is -6.28. The average Bonchev–Trinajstić information content (AvgIpc) is 3.78. The number of para-hydroxylation sites is 2. The van der Waals surface area contributed by atoms with Gasteiger partial charge >= 0.3 is 0 Å². The predicted molar refractivity (Wildman–Crippen MR) is 168 cm³/mol. The minimum Gasteiger partial charge on any atom is -0.618 e. The van der Waals surface area contributed by atoms with Gasteiger partial charge in [0.15, 0.2) is 11.5 Å². The fraction of sp³-hybridized carbons (Fsp3) is 0. The molecule has 0 spiro atoms. The van der Waals surface area contributed by atoms with Crippen LogP contribution in [-0.2, 0) is 0 Å². The monoisotopic (exact) mass is 576 g/mol. The molecule has 0 saturated carbocycles. The lowest BCUT2D eigenvalue weighted by Crippen LogP contribution is -2.30. The number of aromatic nitrogens is 4. The van der Waals surface area contributed by atoms with Gasteiger partial charge in [0.05, 0.1) is 12.4 Å². The standard InChI is InChI=1S/2C18H12N2O2/c2*21-20-15-9-5-4-6-13(15)10-11-16(20)18-19-12-17(22-18)14-7-2-1-3-8-14/h2*1-12H. The highest BCUT2D eigenvalue weighted by atomic mass is 16.5. The van der Waals surface area contributed by atoms with Crippen molar-refractivity contribution in [1.29, 1.82) is 0 Å². The average molecular weight is 577 g/mol. The maximum Gasteiger partial charge on any atom is 0.294 e. The lowest BCUT2D eigenvalue weighted by molar-refractivity contribution is -0.566. The highest BCUT2D eigenvalue weighted by molar-refractivity contribution is 5.77. The number of rotatable bonds is 4. The Morgan fingerprint density at radius 1 is 0.432 bits per heavy atom. The SMILES string of the molecule is [O-][n+]1c(-c2ncc(-c3ccccc3)o2)ccc2ccccc21.[O-][n+]1c(-c2ncc(-c3ccccc3)o2)ccc2ccccc21. The summed E-state index contributed by atoms with van der Waals surface area (Å²) in [5, 5.41) is 26.8. The Bertz CT molecular complexity index is 2050. The third kappa shape index (κ3) is 5.12. The maximum absolute atomic E-state index is 12.5. The van der Waals surface area contributed by atoms with E-state index in [2.05, 4.69) is 9.97 Å². The van der Waals surface area contributed by atoms with Crippen molar-refractivity contribution >= 4 is 21.8 Å². The molecule has 4 heterocycles. The summed E-state index contributed by atoms with van der Waals surface area (Å²) in [4.78, 5) is 8.49. The number of benzene rings is 4. The number of pyridine rings is 2. The molecule has 0 bridgehead atoms. The van der Waals surface area contributed by atoms with E-state index >= 15 is 0 Å². The third-order valence-electron chi connectivity index (χ3n) is 7.16. The Morgan fingerprint density at radius 2 is 0.818 bits per heavy atom. The van der Waals surface area contributed by atoms with Gasteiger partial charge in [0.2, 0.25) is 11.0 Å². The second-order valence-electron chi connectivity index (χ2n) is 9.93. The van der Waals surface area contributed by atoms with Crippen LogP contribution >= 0.6 is 0 Å². The highest BCUT2D eigenvalue weighted by Crippen LogP contribution is 2.26. The van der Waals surface area contributed by atoms with Crippen LogP contribution in [0.15, 0.2) is 155 Å². The van der Waals surface area contributed by atoms with Gasteiger partial charge in [-0.05, 0) is 24.3 Å². The smallest absolute Gasteiger partial charge is 0.294 e. The molecule has 4 aromatic heterocycles. The summed E-state index contributed by atoms with van der Waals surface area (Å²) in [5.74, 6) is 1.92. The zero-order valence-corrected chi connectivity index (χ0v) is 23.3. The molecule has 0 N–H and O–H groups in total. The first-order chi connectivity index (χ1) is 21.7. The van der Waals surface area contributed by atoms with Crippen LogP contribution in [0.4, 0.5) is 0 Å². The molecule has 0 aliphatic heterocycles.